The zero-order chi connectivity index (χ0) is 30.1. The number of benzene rings is 6. The highest BCUT2D eigenvalue weighted by Gasteiger charge is 2.41. The second-order valence-electron chi connectivity index (χ2n) is 13.0. The minimum atomic E-state index is 0.0949. The summed E-state index contributed by atoms with van der Waals surface area (Å²) >= 11 is 3.91. The minimum Gasteiger partial charge on any atom is -0.308 e. The Morgan fingerprint density at radius 2 is 1.33 bits per heavy atom. The third-order valence-electron chi connectivity index (χ3n) is 10.5. The van der Waals surface area contributed by atoms with Crippen LogP contribution in [0.25, 0.3) is 80.2 Å². The Morgan fingerprint density at radius 1 is 0.587 bits per heavy atom. The molecule has 0 saturated carbocycles. The van der Waals surface area contributed by atoms with Crippen LogP contribution in [-0.4, -0.2) is 9.15 Å². The molecule has 2 atom stereocenters. The van der Waals surface area contributed by atoms with Gasteiger partial charge < -0.3 is 4.40 Å². The Balaban J connectivity index is 1.29. The number of fused-ring (bicyclic) bond motifs is 11. The lowest BCUT2D eigenvalue weighted by Crippen LogP contribution is -2.22. The van der Waals surface area contributed by atoms with Gasteiger partial charge in [-0.3, -0.25) is 0 Å². The Morgan fingerprint density at radius 3 is 2.24 bits per heavy atom. The highest BCUT2D eigenvalue weighted by molar-refractivity contribution is 8.01. The van der Waals surface area contributed by atoms with Gasteiger partial charge in [-0.05, 0) is 82.2 Å². The lowest BCUT2D eigenvalue weighted by Gasteiger charge is -2.27. The average Bonchev–Trinajstić information content (AvgIpc) is 3.74. The fourth-order valence-corrected chi connectivity index (χ4v) is 11.0. The molecule has 1 nitrogen and oxygen atoms in total. The van der Waals surface area contributed by atoms with Crippen molar-refractivity contribution in [2.75, 3.05) is 0 Å². The first-order valence-corrected chi connectivity index (χ1v) is 17.6. The number of hydrogen-bond acceptors (Lipinski definition) is 2. The van der Waals surface area contributed by atoms with Gasteiger partial charge in [0.15, 0.2) is 0 Å². The van der Waals surface area contributed by atoms with Crippen molar-refractivity contribution < 1.29 is 0 Å². The van der Waals surface area contributed by atoms with Crippen LogP contribution in [0, 0.1) is 0 Å². The fourth-order valence-electron chi connectivity index (χ4n) is 8.44. The molecule has 0 spiro atoms. The van der Waals surface area contributed by atoms with E-state index in [-0.39, 0.29) is 4.75 Å². The van der Waals surface area contributed by atoms with E-state index in [0.29, 0.717) is 5.92 Å². The van der Waals surface area contributed by atoms with E-state index in [0.717, 1.165) is 0 Å². The number of rotatable bonds is 1. The van der Waals surface area contributed by atoms with Gasteiger partial charge in [-0.25, -0.2) is 0 Å². The van der Waals surface area contributed by atoms with Crippen molar-refractivity contribution in [3.05, 3.63) is 145 Å². The quantitative estimate of drug-likeness (QED) is 0.176. The molecule has 0 radical (unpaired) electrons. The molecule has 4 heterocycles. The van der Waals surface area contributed by atoms with Gasteiger partial charge in [-0.15, -0.1) is 23.1 Å². The summed E-state index contributed by atoms with van der Waals surface area (Å²) in [6.45, 7) is 2.37. The van der Waals surface area contributed by atoms with Gasteiger partial charge in [0, 0.05) is 51.9 Å². The molecular formula is C43H27NS2. The van der Waals surface area contributed by atoms with Crippen molar-refractivity contribution in [1.29, 1.82) is 0 Å². The van der Waals surface area contributed by atoms with Gasteiger partial charge in [-0.1, -0.05) is 97.1 Å². The van der Waals surface area contributed by atoms with Crippen LogP contribution in [0.2, 0.25) is 0 Å². The molecule has 2 aliphatic rings. The third kappa shape index (κ3) is 3.22. The molecule has 11 rings (SSSR count). The smallest absolute Gasteiger partial charge is 0.0634 e. The van der Waals surface area contributed by atoms with E-state index in [1.54, 1.807) is 0 Å². The van der Waals surface area contributed by atoms with Crippen LogP contribution in [0.5, 0.6) is 0 Å². The molecule has 3 heteroatoms. The zero-order valence-electron chi connectivity index (χ0n) is 25.1. The standard InChI is InChI=1S/C43H27NS2/c1-43-22-7-6-13-34(43)33-24-26(17-20-37(33)46-43)25-16-19-36-32(23-25)31-18-21-39-41-40-30(12-8-15-38(40)45-39)28-10-3-2-9-27(28)29-11-4-5-14-35(29)44(36)42(31)41/h2-24,34H,1H3. The molecule has 2 unspecified atom stereocenters. The zero-order valence-corrected chi connectivity index (χ0v) is 26.8. The Labute approximate surface area is 274 Å². The van der Waals surface area contributed by atoms with E-state index in [9.17, 15) is 0 Å². The van der Waals surface area contributed by atoms with Crippen LogP contribution in [0.1, 0.15) is 18.4 Å². The first kappa shape index (κ1) is 25.4. The summed E-state index contributed by atoms with van der Waals surface area (Å²) in [6.07, 6.45) is 9.16. The molecular weight excluding hydrogens is 595 g/mol. The van der Waals surface area contributed by atoms with Crippen molar-refractivity contribution in [2.24, 2.45) is 0 Å². The monoisotopic (exact) mass is 621 g/mol. The molecule has 6 aromatic carbocycles. The molecule has 3 aromatic heterocycles. The Kier molecular flexibility index (Phi) is 4.91. The first-order valence-electron chi connectivity index (χ1n) is 16.0. The summed E-state index contributed by atoms with van der Waals surface area (Å²) in [5.41, 5.74) is 7.79. The minimum absolute atomic E-state index is 0.0949. The molecule has 0 N–H and O–H groups in total. The van der Waals surface area contributed by atoms with Crippen molar-refractivity contribution in [3.8, 4) is 11.1 Å². The fraction of sp³-hybridized carbons (Fsp3) is 0.0698. The molecule has 216 valence electrons. The normalized spacial score (nSPS) is 19.0. The molecule has 0 bridgehead atoms. The van der Waals surface area contributed by atoms with Gasteiger partial charge >= 0.3 is 0 Å². The number of para-hydroxylation sites is 1. The van der Waals surface area contributed by atoms with E-state index in [1.807, 2.05) is 23.1 Å². The van der Waals surface area contributed by atoms with Crippen LogP contribution in [-0.2, 0) is 0 Å². The SMILES string of the molecule is CC12C=CC=CC1c1cc(-c3ccc4c(c3)c3ccc5sc6cccc7c8ccccc8c8ccccc8n4c3c5c67)ccc1S2. The van der Waals surface area contributed by atoms with E-state index in [2.05, 4.69) is 151 Å². The summed E-state index contributed by atoms with van der Waals surface area (Å²) in [6, 6.07) is 43.7. The molecule has 9 aromatic rings. The number of allylic oxidation sites excluding steroid dienone is 3. The van der Waals surface area contributed by atoms with Gasteiger partial charge in [0.05, 0.1) is 16.6 Å². The van der Waals surface area contributed by atoms with Crippen molar-refractivity contribution in [3.63, 3.8) is 0 Å². The molecule has 0 fully saturated rings. The van der Waals surface area contributed by atoms with Gasteiger partial charge in [0.25, 0.3) is 0 Å². The van der Waals surface area contributed by atoms with Crippen molar-refractivity contribution >= 4 is 92.1 Å². The highest BCUT2D eigenvalue weighted by Crippen LogP contribution is 2.56. The average molecular weight is 622 g/mol. The highest BCUT2D eigenvalue weighted by atomic mass is 32.2. The van der Waals surface area contributed by atoms with Crippen LogP contribution in [0.4, 0.5) is 0 Å². The second kappa shape index (κ2) is 8.91. The van der Waals surface area contributed by atoms with Gasteiger partial charge in [0.2, 0.25) is 0 Å². The second-order valence-corrected chi connectivity index (χ2v) is 15.6. The summed E-state index contributed by atoms with van der Waals surface area (Å²) in [7, 11) is 0. The molecule has 46 heavy (non-hydrogen) atoms. The van der Waals surface area contributed by atoms with Crippen molar-refractivity contribution in [2.45, 2.75) is 22.5 Å². The lowest BCUT2D eigenvalue weighted by atomic mass is 9.83. The van der Waals surface area contributed by atoms with E-state index in [4.69, 9.17) is 0 Å². The van der Waals surface area contributed by atoms with Crippen molar-refractivity contribution in [1.82, 2.24) is 4.40 Å². The third-order valence-corrected chi connectivity index (χ3v) is 13.0. The van der Waals surface area contributed by atoms with E-state index >= 15 is 0 Å². The largest absolute Gasteiger partial charge is 0.308 e. The van der Waals surface area contributed by atoms with E-state index < -0.39 is 0 Å². The number of nitrogens with zero attached hydrogens (tertiary/aromatic N) is 1. The predicted molar refractivity (Wildman–Crippen MR) is 201 cm³/mol. The number of hydrogen-bond donors (Lipinski definition) is 0. The van der Waals surface area contributed by atoms with Gasteiger partial charge in [-0.2, -0.15) is 0 Å². The number of thiophene rings is 1. The Bertz CT molecular complexity index is 2850. The maximum Gasteiger partial charge on any atom is 0.0634 e. The molecule has 1 aliphatic heterocycles. The van der Waals surface area contributed by atoms with Crippen LogP contribution in [0.15, 0.2) is 144 Å². The van der Waals surface area contributed by atoms with Crippen LogP contribution in [0.3, 0.4) is 0 Å². The Hall–Kier alpha value is -4.83. The number of aromatic nitrogens is 1. The topological polar surface area (TPSA) is 4.41 Å². The molecule has 0 amide bonds. The summed E-state index contributed by atoms with van der Waals surface area (Å²) in [4.78, 5) is 1.40. The summed E-state index contributed by atoms with van der Waals surface area (Å²) in [5, 5.41) is 10.5. The van der Waals surface area contributed by atoms with Gasteiger partial charge in [0.1, 0.15) is 0 Å². The van der Waals surface area contributed by atoms with Crippen LogP contribution < -0.4 is 0 Å². The van der Waals surface area contributed by atoms with E-state index in [1.165, 1.54) is 90.6 Å². The molecule has 0 saturated heterocycles. The predicted octanol–water partition coefficient (Wildman–Crippen LogP) is 12.7. The lowest BCUT2D eigenvalue weighted by molar-refractivity contribution is 0.702. The van der Waals surface area contributed by atoms with Crippen LogP contribution >= 0.6 is 23.1 Å². The summed E-state index contributed by atoms with van der Waals surface area (Å²) in [5.74, 6) is 0.405. The maximum absolute atomic E-state index is 2.56. The summed E-state index contributed by atoms with van der Waals surface area (Å²) < 4.78 is 5.33. The molecule has 1 aliphatic carbocycles. The maximum atomic E-state index is 2.56. The number of thioether (sulfide) groups is 1. The first-order chi connectivity index (χ1) is 22.7.